The van der Waals surface area contributed by atoms with Gasteiger partial charge in [0.2, 0.25) is 0 Å². The maximum atomic E-state index is 5.32. The van der Waals surface area contributed by atoms with Crippen LogP contribution >= 0.6 is 11.8 Å². The first-order valence-corrected chi connectivity index (χ1v) is 8.38. The second-order valence-corrected chi connectivity index (χ2v) is 6.65. The third kappa shape index (κ3) is 4.06. The van der Waals surface area contributed by atoms with Gasteiger partial charge < -0.3 is 14.8 Å². The largest absolute Gasteiger partial charge is 0.497 e. The molecule has 1 aliphatic rings. The van der Waals surface area contributed by atoms with Gasteiger partial charge in [0.15, 0.2) is 0 Å². The maximum Gasteiger partial charge on any atom is 0.122 e. The molecule has 20 heavy (non-hydrogen) atoms. The van der Waals surface area contributed by atoms with Crippen LogP contribution in [0.2, 0.25) is 0 Å². The Morgan fingerprint density at radius 2 is 1.85 bits per heavy atom. The van der Waals surface area contributed by atoms with E-state index in [0.29, 0.717) is 6.04 Å². The molecule has 0 radical (unpaired) electrons. The van der Waals surface area contributed by atoms with Crippen molar-refractivity contribution in [1.82, 2.24) is 5.32 Å². The van der Waals surface area contributed by atoms with E-state index < -0.39 is 0 Å². The summed E-state index contributed by atoms with van der Waals surface area (Å²) in [6, 6.07) is 6.70. The molecule has 1 aromatic rings. The minimum atomic E-state index is 0.636. The Morgan fingerprint density at radius 3 is 2.45 bits per heavy atom. The Labute approximate surface area is 126 Å². The van der Waals surface area contributed by atoms with Crippen LogP contribution in [0.3, 0.4) is 0 Å². The zero-order valence-corrected chi connectivity index (χ0v) is 13.5. The van der Waals surface area contributed by atoms with Gasteiger partial charge in [0.25, 0.3) is 0 Å². The standard InChI is InChI=1S/C16H25NO2S/c1-4-20-16-7-5-6-15(16)17-11-12-8-13(18-2)10-14(9-12)19-3/h8-10,15-17H,4-7,11H2,1-3H3. The quantitative estimate of drug-likeness (QED) is 0.834. The zero-order chi connectivity index (χ0) is 14.4. The third-order valence-electron chi connectivity index (χ3n) is 3.81. The van der Waals surface area contributed by atoms with E-state index in [1.165, 1.54) is 30.6 Å². The van der Waals surface area contributed by atoms with E-state index in [4.69, 9.17) is 9.47 Å². The number of nitrogens with one attached hydrogen (secondary N) is 1. The monoisotopic (exact) mass is 295 g/mol. The van der Waals surface area contributed by atoms with Gasteiger partial charge in [-0.1, -0.05) is 13.3 Å². The summed E-state index contributed by atoms with van der Waals surface area (Å²) in [5.41, 5.74) is 1.22. The Kier molecular flexibility index (Phi) is 6.05. The average molecular weight is 295 g/mol. The molecule has 1 saturated carbocycles. The lowest BCUT2D eigenvalue weighted by Gasteiger charge is -2.20. The molecule has 0 saturated heterocycles. The van der Waals surface area contributed by atoms with Gasteiger partial charge in [0.1, 0.15) is 11.5 Å². The Morgan fingerprint density at radius 1 is 1.15 bits per heavy atom. The van der Waals surface area contributed by atoms with Crippen molar-refractivity contribution in [2.75, 3.05) is 20.0 Å². The zero-order valence-electron chi connectivity index (χ0n) is 12.6. The first kappa shape index (κ1) is 15.5. The minimum absolute atomic E-state index is 0.636. The topological polar surface area (TPSA) is 30.5 Å². The first-order chi connectivity index (χ1) is 9.76. The molecule has 0 bridgehead atoms. The number of thioether (sulfide) groups is 1. The summed E-state index contributed by atoms with van der Waals surface area (Å²) in [5, 5.41) is 4.47. The molecule has 2 atom stereocenters. The van der Waals surface area contributed by atoms with Crippen molar-refractivity contribution < 1.29 is 9.47 Å². The molecule has 2 rings (SSSR count). The smallest absolute Gasteiger partial charge is 0.122 e. The van der Waals surface area contributed by atoms with Crippen molar-refractivity contribution >= 4 is 11.8 Å². The molecular formula is C16H25NO2S. The van der Waals surface area contributed by atoms with Crippen molar-refractivity contribution in [3.8, 4) is 11.5 Å². The summed E-state index contributed by atoms with van der Waals surface area (Å²) in [5.74, 6) is 2.91. The van der Waals surface area contributed by atoms with Crippen molar-refractivity contribution in [2.45, 2.75) is 44.0 Å². The molecular weight excluding hydrogens is 270 g/mol. The van der Waals surface area contributed by atoms with Gasteiger partial charge in [-0.25, -0.2) is 0 Å². The molecule has 1 aliphatic carbocycles. The van der Waals surface area contributed by atoms with Crippen LogP contribution in [0.5, 0.6) is 11.5 Å². The van der Waals surface area contributed by atoms with Crippen LogP contribution in [0.1, 0.15) is 31.7 Å². The highest BCUT2D eigenvalue weighted by Gasteiger charge is 2.26. The van der Waals surface area contributed by atoms with Crippen molar-refractivity contribution in [2.24, 2.45) is 0 Å². The summed E-state index contributed by atoms with van der Waals surface area (Å²) in [7, 11) is 3.38. The van der Waals surface area contributed by atoms with Crippen LogP contribution in [0, 0.1) is 0 Å². The highest BCUT2D eigenvalue weighted by Crippen LogP contribution is 2.30. The minimum Gasteiger partial charge on any atom is -0.497 e. The highest BCUT2D eigenvalue weighted by molar-refractivity contribution is 7.99. The number of rotatable bonds is 7. The van der Waals surface area contributed by atoms with Gasteiger partial charge in [-0.05, 0) is 36.3 Å². The summed E-state index contributed by atoms with van der Waals surface area (Å²) in [4.78, 5) is 0. The molecule has 1 aromatic carbocycles. The molecule has 3 nitrogen and oxygen atoms in total. The van der Waals surface area contributed by atoms with Crippen LogP contribution in [0.15, 0.2) is 18.2 Å². The van der Waals surface area contributed by atoms with Crippen LogP contribution in [0.25, 0.3) is 0 Å². The molecule has 4 heteroatoms. The number of ether oxygens (including phenoxy) is 2. The lowest BCUT2D eigenvalue weighted by Crippen LogP contribution is -2.33. The van der Waals surface area contributed by atoms with E-state index in [9.17, 15) is 0 Å². The van der Waals surface area contributed by atoms with Gasteiger partial charge in [-0.3, -0.25) is 0 Å². The molecule has 112 valence electrons. The molecule has 1 N–H and O–H groups in total. The van der Waals surface area contributed by atoms with Gasteiger partial charge in [0, 0.05) is 23.9 Å². The molecule has 0 aromatic heterocycles. The van der Waals surface area contributed by atoms with Crippen molar-refractivity contribution in [3.63, 3.8) is 0 Å². The fourth-order valence-electron chi connectivity index (χ4n) is 2.79. The Bertz CT molecular complexity index is 403. The molecule has 0 spiro atoms. The summed E-state index contributed by atoms with van der Waals surface area (Å²) in [6.07, 6.45) is 3.98. The number of hydrogen-bond donors (Lipinski definition) is 1. The molecule has 0 amide bonds. The predicted octanol–water partition coefficient (Wildman–Crippen LogP) is 3.47. The fourth-order valence-corrected chi connectivity index (χ4v) is 4.02. The number of methoxy groups -OCH3 is 2. The third-order valence-corrected chi connectivity index (χ3v) is 5.14. The highest BCUT2D eigenvalue weighted by atomic mass is 32.2. The van der Waals surface area contributed by atoms with Crippen LogP contribution in [-0.2, 0) is 6.54 Å². The molecule has 2 unspecified atom stereocenters. The van der Waals surface area contributed by atoms with Gasteiger partial charge in [-0.2, -0.15) is 11.8 Å². The van der Waals surface area contributed by atoms with Gasteiger partial charge in [0.05, 0.1) is 14.2 Å². The van der Waals surface area contributed by atoms with Crippen molar-refractivity contribution in [1.29, 1.82) is 0 Å². The SMILES string of the molecule is CCSC1CCCC1NCc1cc(OC)cc(OC)c1. The van der Waals surface area contributed by atoms with E-state index in [1.54, 1.807) is 14.2 Å². The van der Waals surface area contributed by atoms with Crippen LogP contribution < -0.4 is 14.8 Å². The number of benzene rings is 1. The lowest BCUT2D eigenvalue weighted by molar-refractivity contribution is 0.392. The maximum absolute atomic E-state index is 5.32. The molecule has 0 heterocycles. The van der Waals surface area contributed by atoms with E-state index in [1.807, 2.05) is 6.07 Å². The predicted molar refractivity (Wildman–Crippen MR) is 85.9 cm³/mol. The summed E-state index contributed by atoms with van der Waals surface area (Å²) >= 11 is 2.09. The van der Waals surface area contributed by atoms with Gasteiger partial charge >= 0.3 is 0 Å². The Balaban J connectivity index is 1.96. The molecule has 0 aliphatic heterocycles. The number of hydrogen-bond acceptors (Lipinski definition) is 4. The van der Waals surface area contributed by atoms with Gasteiger partial charge in [-0.15, -0.1) is 0 Å². The van der Waals surface area contributed by atoms with E-state index in [0.717, 1.165) is 23.3 Å². The fraction of sp³-hybridized carbons (Fsp3) is 0.625. The average Bonchev–Trinajstić information content (AvgIpc) is 2.92. The second kappa shape index (κ2) is 7.79. The summed E-state index contributed by atoms with van der Waals surface area (Å²) < 4.78 is 10.6. The van der Waals surface area contributed by atoms with E-state index in [-0.39, 0.29) is 0 Å². The molecule has 1 fully saturated rings. The summed E-state index contributed by atoms with van der Waals surface area (Å²) in [6.45, 7) is 3.12. The van der Waals surface area contributed by atoms with Crippen molar-refractivity contribution in [3.05, 3.63) is 23.8 Å². The normalized spacial score (nSPS) is 21.9. The second-order valence-electron chi connectivity index (χ2n) is 5.13. The Hall–Kier alpha value is -0.870. The van der Waals surface area contributed by atoms with E-state index in [2.05, 4.69) is 36.1 Å². The van der Waals surface area contributed by atoms with Crippen LogP contribution in [0.4, 0.5) is 0 Å². The lowest BCUT2D eigenvalue weighted by atomic mass is 10.1. The van der Waals surface area contributed by atoms with E-state index >= 15 is 0 Å². The van der Waals surface area contributed by atoms with Crippen LogP contribution in [-0.4, -0.2) is 31.3 Å². The first-order valence-electron chi connectivity index (χ1n) is 7.33.